The first-order valence-electron chi connectivity index (χ1n) is 5.94. The fraction of sp³-hybridized carbons (Fsp3) is 0.467. The van der Waals surface area contributed by atoms with E-state index in [4.69, 9.17) is 0 Å². The highest BCUT2D eigenvalue weighted by atomic mass is 19.4. The molecule has 0 saturated heterocycles. The van der Waals surface area contributed by atoms with Crippen molar-refractivity contribution in [2.75, 3.05) is 0 Å². The van der Waals surface area contributed by atoms with Crippen LogP contribution in [0.4, 0.5) is 17.6 Å². The molecule has 0 saturated carbocycles. The standard InChI is InChI=1S/C15H16F4/c1-10(2)12-7-5-6-11(13(12)16)8-9-14(3,4)15(17,18)19/h5-7,10H,1-4H3. The maximum Gasteiger partial charge on any atom is 0.404 e. The molecule has 1 aromatic rings. The van der Waals surface area contributed by atoms with Crippen LogP contribution < -0.4 is 0 Å². The average molecular weight is 272 g/mol. The molecule has 0 aliphatic rings. The first-order valence-corrected chi connectivity index (χ1v) is 5.94. The van der Waals surface area contributed by atoms with Crippen molar-refractivity contribution in [1.29, 1.82) is 0 Å². The summed E-state index contributed by atoms with van der Waals surface area (Å²) in [6.07, 6.45) is -4.44. The van der Waals surface area contributed by atoms with Gasteiger partial charge in [0.05, 0.1) is 5.56 Å². The lowest BCUT2D eigenvalue weighted by Gasteiger charge is -2.21. The van der Waals surface area contributed by atoms with Crippen molar-refractivity contribution >= 4 is 0 Å². The Morgan fingerprint density at radius 3 is 2.16 bits per heavy atom. The Hall–Kier alpha value is -1.50. The summed E-state index contributed by atoms with van der Waals surface area (Å²) < 4.78 is 52.0. The van der Waals surface area contributed by atoms with Crippen LogP contribution in [0.25, 0.3) is 0 Å². The lowest BCUT2D eigenvalue weighted by atomic mass is 9.92. The van der Waals surface area contributed by atoms with Crippen LogP contribution in [0.15, 0.2) is 18.2 Å². The largest absolute Gasteiger partial charge is 0.404 e. The van der Waals surface area contributed by atoms with Gasteiger partial charge < -0.3 is 0 Å². The van der Waals surface area contributed by atoms with Gasteiger partial charge in [0.15, 0.2) is 0 Å². The van der Waals surface area contributed by atoms with Crippen LogP contribution in [0.1, 0.15) is 44.7 Å². The van der Waals surface area contributed by atoms with E-state index >= 15 is 0 Å². The van der Waals surface area contributed by atoms with Crippen LogP contribution in [0.5, 0.6) is 0 Å². The van der Waals surface area contributed by atoms with E-state index in [2.05, 4.69) is 11.8 Å². The monoisotopic (exact) mass is 272 g/mol. The maximum absolute atomic E-state index is 14.0. The van der Waals surface area contributed by atoms with Gasteiger partial charge in [0, 0.05) is 0 Å². The molecule has 104 valence electrons. The van der Waals surface area contributed by atoms with Crippen LogP contribution in [0.3, 0.4) is 0 Å². The molecule has 0 aliphatic carbocycles. The highest BCUT2D eigenvalue weighted by Gasteiger charge is 2.46. The van der Waals surface area contributed by atoms with Crippen molar-refractivity contribution < 1.29 is 17.6 Å². The van der Waals surface area contributed by atoms with Crippen LogP contribution in [0.2, 0.25) is 0 Å². The zero-order valence-electron chi connectivity index (χ0n) is 11.3. The van der Waals surface area contributed by atoms with E-state index in [1.54, 1.807) is 12.1 Å². The number of halogens is 4. The topological polar surface area (TPSA) is 0 Å². The molecule has 0 aliphatic heterocycles. The second-order valence-corrected chi connectivity index (χ2v) is 5.24. The van der Waals surface area contributed by atoms with Crippen LogP contribution in [-0.2, 0) is 0 Å². The van der Waals surface area contributed by atoms with Gasteiger partial charge in [0.1, 0.15) is 11.2 Å². The molecule has 0 spiro atoms. The highest BCUT2D eigenvalue weighted by Crippen LogP contribution is 2.36. The molecule has 0 fully saturated rings. The summed E-state index contributed by atoms with van der Waals surface area (Å²) in [6.45, 7) is 5.58. The zero-order chi connectivity index (χ0) is 14.8. The van der Waals surface area contributed by atoms with Gasteiger partial charge in [-0.1, -0.05) is 37.8 Å². The fourth-order valence-corrected chi connectivity index (χ4v) is 1.39. The molecule has 1 rings (SSSR count). The SMILES string of the molecule is CC(C)c1cccc(C#CC(C)(C)C(F)(F)F)c1F. The van der Waals surface area contributed by atoms with Gasteiger partial charge in [-0.25, -0.2) is 4.39 Å². The smallest absolute Gasteiger partial charge is 0.205 e. The van der Waals surface area contributed by atoms with E-state index in [0.29, 0.717) is 5.56 Å². The number of rotatable bonds is 1. The quantitative estimate of drug-likeness (QED) is 0.504. The number of hydrogen-bond acceptors (Lipinski definition) is 0. The van der Waals surface area contributed by atoms with E-state index in [9.17, 15) is 17.6 Å². The van der Waals surface area contributed by atoms with Gasteiger partial charge in [-0.3, -0.25) is 0 Å². The molecule has 0 atom stereocenters. The predicted octanol–water partition coefficient (Wildman–Crippen LogP) is 4.89. The van der Waals surface area contributed by atoms with E-state index < -0.39 is 17.4 Å². The summed E-state index contributed by atoms with van der Waals surface area (Å²) in [5.41, 5.74) is -1.70. The number of benzene rings is 1. The Kier molecular flexibility index (Phi) is 4.29. The first-order chi connectivity index (χ1) is 8.56. The second kappa shape index (κ2) is 5.24. The zero-order valence-corrected chi connectivity index (χ0v) is 11.3. The molecule has 19 heavy (non-hydrogen) atoms. The van der Waals surface area contributed by atoms with E-state index in [0.717, 1.165) is 13.8 Å². The summed E-state index contributed by atoms with van der Waals surface area (Å²) in [7, 11) is 0. The lowest BCUT2D eigenvalue weighted by Crippen LogP contribution is -2.30. The minimum Gasteiger partial charge on any atom is -0.205 e. The van der Waals surface area contributed by atoms with E-state index in [-0.39, 0.29) is 11.5 Å². The molecule has 0 bridgehead atoms. The van der Waals surface area contributed by atoms with Crippen LogP contribution >= 0.6 is 0 Å². The third-order valence-corrected chi connectivity index (χ3v) is 2.87. The average Bonchev–Trinajstić information content (AvgIpc) is 2.25. The summed E-state index contributed by atoms with van der Waals surface area (Å²) in [5, 5.41) is 0. The minimum absolute atomic E-state index is 0.00326. The van der Waals surface area contributed by atoms with E-state index in [1.165, 1.54) is 6.07 Å². The third kappa shape index (κ3) is 3.50. The molecular formula is C15H16F4. The molecule has 0 heterocycles. The van der Waals surface area contributed by atoms with Gasteiger partial charge >= 0.3 is 6.18 Å². The summed E-state index contributed by atoms with van der Waals surface area (Å²) in [4.78, 5) is 0. The Balaban J connectivity index is 3.19. The Morgan fingerprint density at radius 1 is 1.11 bits per heavy atom. The summed E-state index contributed by atoms with van der Waals surface area (Å²) >= 11 is 0. The highest BCUT2D eigenvalue weighted by molar-refractivity contribution is 5.41. The van der Waals surface area contributed by atoms with Crippen molar-refractivity contribution in [3.63, 3.8) is 0 Å². The maximum atomic E-state index is 14.0. The van der Waals surface area contributed by atoms with Gasteiger partial charge in [-0.2, -0.15) is 13.2 Å². The van der Waals surface area contributed by atoms with Crippen molar-refractivity contribution in [1.82, 2.24) is 0 Å². The fourth-order valence-electron chi connectivity index (χ4n) is 1.39. The molecule has 0 amide bonds. The Bertz CT molecular complexity index is 513. The molecule has 1 aromatic carbocycles. The Labute approximate surface area is 110 Å². The van der Waals surface area contributed by atoms with Crippen molar-refractivity contribution in [2.24, 2.45) is 5.41 Å². The van der Waals surface area contributed by atoms with Crippen molar-refractivity contribution in [2.45, 2.75) is 39.8 Å². The van der Waals surface area contributed by atoms with Crippen LogP contribution in [0, 0.1) is 23.1 Å². The predicted molar refractivity (Wildman–Crippen MR) is 67.2 cm³/mol. The minimum atomic E-state index is -4.44. The molecule has 0 N–H and O–H groups in total. The van der Waals surface area contributed by atoms with Gasteiger partial charge in [-0.05, 0) is 31.4 Å². The van der Waals surface area contributed by atoms with Crippen molar-refractivity contribution in [3.05, 3.63) is 35.1 Å². The van der Waals surface area contributed by atoms with Gasteiger partial charge in [0.25, 0.3) is 0 Å². The van der Waals surface area contributed by atoms with Crippen molar-refractivity contribution in [3.8, 4) is 11.8 Å². The molecular weight excluding hydrogens is 256 g/mol. The summed E-state index contributed by atoms with van der Waals surface area (Å²) in [5.74, 6) is 3.83. The second-order valence-electron chi connectivity index (χ2n) is 5.24. The number of alkyl halides is 3. The van der Waals surface area contributed by atoms with Gasteiger partial charge in [-0.15, -0.1) is 0 Å². The Morgan fingerprint density at radius 2 is 1.68 bits per heavy atom. The molecule has 4 heteroatoms. The molecule has 0 aromatic heterocycles. The molecule has 0 radical (unpaired) electrons. The lowest BCUT2D eigenvalue weighted by molar-refractivity contribution is -0.190. The third-order valence-electron chi connectivity index (χ3n) is 2.87. The van der Waals surface area contributed by atoms with E-state index in [1.807, 2.05) is 13.8 Å². The number of hydrogen-bond donors (Lipinski definition) is 0. The molecule has 0 unspecified atom stereocenters. The molecule has 0 nitrogen and oxygen atoms in total. The van der Waals surface area contributed by atoms with Gasteiger partial charge in [0.2, 0.25) is 0 Å². The first kappa shape index (κ1) is 15.6. The van der Waals surface area contributed by atoms with Crippen LogP contribution in [-0.4, -0.2) is 6.18 Å². The normalized spacial score (nSPS) is 12.3. The summed E-state index contributed by atoms with van der Waals surface area (Å²) in [6, 6.07) is 4.60.